The van der Waals surface area contributed by atoms with E-state index in [-0.39, 0.29) is 38.4 Å². The Balaban J connectivity index is 3.01. The van der Waals surface area contributed by atoms with Crippen molar-refractivity contribution in [1.82, 2.24) is 9.80 Å². The molecule has 8 nitrogen and oxygen atoms in total. The van der Waals surface area contributed by atoms with Crippen LogP contribution in [0.15, 0.2) is 0 Å². The second kappa shape index (κ2) is 8.90. The first-order valence-electron chi connectivity index (χ1n) is 8.85. The first-order chi connectivity index (χ1) is 11.9. The van der Waals surface area contributed by atoms with Crippen molar-refractivity contribution in [2.45, 2.75) is 64.8 Å². The molecule has 1 rings (SSSR count). The van der Waals surface area contributed by atoms with Crippen LogP contribution in [0.3, 0.4) is 0 Å². The van der Waals surface area contributed by atoms with Gasteiger partial charge in [-0.2, -0.15) is 0 Å². The molecule has 2 amide bonds. The van der Waals surface area contributed by atoms with Crippen LogP contribution < -0.4 is 0 Å². The number of rotatable bonds is 4. The molecule has 1 fully saturated rings. The predicted molar refractivity (Wildman–Crippen MR) is 97.2 cm³/mol. The van der Waals surface area contributed by atoms with Gasteiger partial charge in [0.25, 0.3) is 0 Å². The van der Waals surface area contributed by atoms with E-state index in [9.17, 15) is 9.59 Å². The van der Waals surface area contributed by atoms with E-state index in [1.807, 2.05) is 41.5 Å². The van der Waals surface area contributed by atoms with Crippen molar-refractivity contribution in [3.8, 4) is 0 Å². The lowest BCUT2D eigenvalue weighted by molar-refractivity contribution is -0.0527. The smallest absolute Gasteiger partial charge is 0.410 e. The van der Waals surface area contributed by atoms with Gasteiger partial charge in [0.05, 0.1) is 25.3 Å². The quantitative estimate of drug-likeness (QED) is 0.752. The van der Waals surface area contributed by atoms with E-state index >= 15 is 0 Å². The lowest BCUT2D eigenvalue weighted by Crippen LogP contribution is -2.64. The van der Waals surface area contributed by atoms with E-state index in [4.69, 9.17) is 18.9 Å². The second-order valence-corrected chi connectivity index (χ2v) is 8.48. The van der Waals surface area contributed by atoms with E-state index in [2.05, 4.69) is 0 Å². The summed E-state index contributed by atoms with van der Waals surface area (Å²) in [6.07, 6.45) is -0.853. The van der Waals surface area contributed by atoms with Gasteiger partial charge in [0, 0.05) is 27.3 Å². The number of hydrogen-bond donors (Lipinski definition) is 0. The van der Waals surface area contributed by atoms with Crippen LogP contribution in [-0.2, 0) is 18.9 Å². The van der Waals surface area contributed by atoms with Crippen LogP contribution in [0.2, 0.25) is 0 Å². The molecular formula is C18H34N2O6. The van der Waals surface area contributed by atoms with Gasteiger partial charge < -0.3 is 18.9 Å². The molecule has 1 saturated heterocycles. The van der Waals surface area contributed by atoms with E-state index in [1.54, 1.807) is 24.0 Å². The van der Waals surface area contributed by atoms with Gasteiger partial charge in [-0.25, -0.2) is 9.59 Å². The third-order valence-electron chi connectivity index (χ3n) is 3.67. The summed E-state index contributed by atoms with van der Waals surface area (Å²) in [6.45, 7) is 12.1. The number of piperazine rings is 1. The summed E-state index contributed by atoms with van der Waals surface area (Å²) in [7, 11) is 3.12. The summed E-state index contributed by atoms with van der Waals surface area (Å²) in [5, 5.41) is 0. The molecule has 0 N–H and O–H groups in total. The fraction of sp³-hybridized carbons (Fsp3) is 0.889. The Morgan fingerprint density at radius 2 is 1.08 bits per heavy atom. The van der Waals surface area contributed by atoms with Crippen LogP contribution in [0, 0.1) is 0 Å². The van der Waals surface area contributed by atoms with Crippen molar-refractivity contribution in [3.05, 3.63) is 0 Å². The number of ether oxygens (including phenoxy) is 4. The number of carbonyl (C=O) groups excluding carboxylic acids is 2. The standard InChI is InChI=1S/C18H34N2O6/c1-17(2,3)25-15(21)19-9-14(12-24-8)20(10-13(19)11-23-7)16(22)26-18(4,5)6/h13-14H,9-12H2,1-8H3. The first kappa shape index (κ1) is 22.5. The average molecular weight is 374 g/mol. The molecule has 0 spiro atoms. The molecule has 0 aromatic heterocycles. The highest BCUT2D eigenvalue weighted by Gasteiger charge is 2.41. The van der Waals surface area contributed by atoms with Crippen LogP contribution in [0.4, 0.5) is 9.59 Å². The lowest BCUT2D eigenvalue weighted by Gasteiger charge is -2.45. The van der Waals surface area contributed by atoms with Crippen molar-refractivity contribution in [1.29, 1.82) is 0 Å². The van der Waals surface area contributed by atoms with Crippen molar-refractivity contribution >= 4 is 12.2 Å². The summed E-state index contributed by atoms with van der Waals surface area (Å²) in [4.78, 5) is 28.5. The van der Waals surface area contributed by atoms with Gasteiger partial charge in [0.1, 0.15) is 11.2 Å². The SMILES string of the molecule is COCC1CN(C(=O)OC(C)(C)C)C(COC)CN1C(=O)OC(C)(C)C. The normalized spacial score (nSPS) is 21.5. The van der Waals surface area contributed by atoms with E-state index < -0.39 is 23.4 Å². The molecule has 2 unspecified atom stereocenters. The minimum absolute atomic E-state index is 0.288. The molecule has 26 heavy (non-hydrogen) atoms. The number of amides is 2. The molecule has 1 aliphatic heterocycles. The molecule has 0 bridgehead atoms. The Hall–Kier alpha value is -1.54. The molecular weight excluding hydrogens is 340 g/mol. The van der Waals surface area contributed by atoms with E-state index in [0.29, 0.717) is 0 Å². The van der Waals surface area contributed by atoms with Crippen molar-refractivity contribution in [3.63, 3.8) is 0 Å². The summed E-state index contributed by atoms with van der Waals surface area (Å²) < 4.78 is 21.5. The minimum atomic E-state index is -0.603. The first-order valence-corrected chi connectivity index (χ1v) is 8.85. The van der Waals surface area contributed by atoms with Gasteiger partial charge in [-0.05, 0) is 41.5 Å². The van der Waals surface area contributed by atoms with Gasteiger partial charge in [0.15, 0.2) is 0 Å². The molecule has 1 heterocycles. The topological polar surface area (TPSA) is 77.5 Å². The van der Waals surface area contributed by atoms with Gasteiger partial charge in [0.2, 0.25) is 0 Å². The molecule has 2 atom stereocenters. The largest absolute Gasteiger partial charge is 0.444 e. The molecule has 0 aromatic carbocycles. The van der Waals surface area contributed by atoms with Crippen LogP contribution in [0.25, 0.3) is 0 Å². The second-order valence-electron chi connectivity index (χ2n) is 8.48. The number of nitrogens with zero attached hydrogens (tertiary/aromatic N) is 2. The predicted octanol–water partition coefficient (Wildman–Crippen LogP) is 2.50. The molecule has 0 radical (unpaired) electrons. The van der Waals surface area contributed by atoms with Crippen molar-refractivity contribution in [2.75, 3.05) is 40.5 Å². The molecule has 152 valence electrons. The fourth-order valence-electron chi connectivity index (χ4n) is 2.71. The van der Waals surface area contributed by atoms with Crippen LogP contribution in [0.5, 0.6) is 0 Å². The Kier molecular flexibility index (Phi) is 7.70. The Bertz CT molecular complexity index is 439. The molecule has 8 heteroatoms. The zero-order valence-corrected chi connectivity index (χ0v) is 17.3. The monoisotopic (exact) mass is 374 g/mol. The van der Waals surface area contributed by atoms with Crippen molar-refractivity contribution in [2.24, 2.45) is 0 Å². The summed E-state index contributed by atoms with van der Waals surface area (Å²) in [5.74, 6) is 0. The fourth-order valence-corrected chi connectivity index (χ4v) is 2.71. The number of hydrogen-bond acceptors (Lipinski definition) is 6. The van der Waals surface area contributed by atoms with Crippen LogP contribution in [0.1, 0.15) is 41.5 Å². The maximum Gasteiger partial charge on any atom is 0.410 e. The molecule has 0 aromatic rings. The van der Waals surface area contributed by atoms with Gasteiger partial charge in [-0.15, -0.1) is 0 Å². The summed E-state index contributed by atoms with van der Waals surface area (Å²) >= 11 is 0. The highest BCUT2D eigenvalue weighted by Crippen LogP contribution is 2.22. The summed E-state index contributed by atoms with van der Waals surface area (Å²) in [6, 6.07) is -0.647. The van der Waals surface area contributed by atoms with Gasteiger partial charge in [-0.3, -0.25) is 9.80 Å². The summed E-state index contributed by atoms with van der Waals surface area (Å²) in [5.41, 5.74) is -1.21. The number of carbonyl (C=O) groups is 2. The van der Waals surface area contributed by atoms with E-state index in [0.717, 1.165) is 0 Å². The minimum Gasteiger partial charge on any atom is -0.444 e. The van der Waals surface area contributed by atoms with Crippen LogP contribution in [-0.4, -0.2) is 85.8 Å². The maximum atomic E-state index is 12.6. The van der Waals surface area contributed by atoms with Gasteiger partial charge >= 0.3 is 12.2 Å². The zero-order valence-electron chi connectivity index (χ0n) is 17.3. The Morgan fingerprint density at radius 1 is 0.769 bits per heavy atom. The highest BCUT2D eigenvalue weighted by molar-refractivity contribution is 5.71. The average Bonchev–Trinajstić information content (AvgIpc) is 2.45. The molecule has 0 saturated carbocycles. The Labute approximate surface area is 156 Å². The van der Waals surface area contributed by atoms with Crippen molar-refractivity contribution < 1.29 is 28.5 Å². The third kappa shape index (κ3) is 6.99. The van der Waals surface area contributed by atoms with Gasteiger partial charge in [-0.1, -0.05) is 0 Å². The number of methoxy groups -OCH3 is 2. The molecule has 0 aliphatic carbocycles. The Morgan fingerprint density at radius 3 is 1.31 bits per heavy atom. The molecule has 1 aliphatic rings. The highest BCUT2D eigenvalue weighted by atomic mass is 16.6. The van der Waals surface area contributed by atoms with Crippen LogP contribution >= 0.6 is 0 Å². The maximum absolute atomic E-state index is 12.6. The zero-order chi connectivity index (χ0) is 20.1. The van der Waals surface area contributed by atoms with E-state index in [1.165, 1.54) is 0 Å². The third-order valence-corrected chi connectivity index (χ3v) is 3.67. The lowest BCUT2D eigenvalue weighted by atomic mass is 10.1.